The quantitative estimate of drug-likeness (QED) is 0.762. The van der Waals surface area contributed by atoms with E-state index in [1.807, 2.05) is 0 Å². The van der Waals surface area contributed by atoms with Gasteiger partial charge in [0.1, 0.15) is 5.75 Å². The van der Waals surface area contributed by atoms with Crippen LogP contribution in [-0.2, 0) is 0 Å². The Labute approximate surface area is 75.9 Å². The highest BCUT2D eigenvalue weighted by atomic mass is 79.9. The van der Waals surface area contributed by atoms with Crippen LogP contribution in [0.25, 0.3) is 0 Å². The Morgan fingerprint density at radius 2 is 2.00 bits per heavy atom. The first-order chi connectivity index (χ1) is 5.57. The largest absolute Gasteiger partial charge is 0.507 e. The van der Waals surface area contributed by atoms with Gasteiger partial charge in [0.15, 0.2) is 11.6 Å². The van der Waals surface area contributed by atoms with E-state index >= 15 is 0 Å². The van der Waals surface area contributed by atoms with Gasteiger partial charge in [-0.1, -0.05) is 0 Å². The van der Waals surface area contributed by atoms with Gasteiger partial charge in [0.25, 0.3) is 0 Å². The molecule has 0 radical (unpaired) electrons. The van der Waals surface area contributed by atoms with E-state index < -0.39 is 17.4 Å². The third kappa shape index (κ3) is 1.36. The molecule has 0 spiro atoms. The van der Waals surface area contributed by atoms with E-state index in [4.69, 9.17) is 5.11 Å². The maximum Gasteiger partial charge on any atom is 0.202 e. The highest BCUT2D eigenvalue weighted by Crippen LogP contribution is 2.34. The second-order valence-corrected chi connectivity index (χ2v) is 2.83. The summed E-state index contributed by atoms with van der Waals surface area (Å²) in [6.45, 7) is 0. The Morgan fingerprint density at radius 1 is 1.42 bits per heavy atom. The molecule has 66 valence electrons. The molecule has 0 aliphatic carbocycles. The molecule has 2 nitrogen and oxygen atoms in total. The van der Waals surface area contributed by atoms with Crippen LogP contribution in [0.4, 0.5) is 8.78 Å². The molecule has 0 bridgehead atoms. The number of halogens is 3. The summed E-state index contributed by atoms with van der Waals surface area (Å²) in [5.41, 5.74) is 0. The van der Waals surface area contributed by atoms with E-state index in [0.717, 1.165) is 6.07 Å². The fourth-order valence-corrected chi connectivity index (χ4v) is 1.00. The number of aromatic hydroxyl groups is 1. The van der Waals surface area contributed by atoms with Crippen LogP contribution in [0.15, 0.2) is 10.5 Å². The summed E-state index contributed by atoms with van der Waals surface area (Å²) in [5.74, 6) is -3.01. The summed E-state index contributed by atoms with van der Waals surface area (Å²) < 4.78 is 29.7. The topological polar surface area (TPSA) is 29.5 Å². The lowest BCUT2D eigenvalue weighted by molar-refractivity contribution is 0.362. The maximum atomic E-state index is 12.8. The molecule has 0 aliphatic heterocycles. The molecule has 0 amide bonds. The molecular weight excluding hydrogens is 234 g/mol. The summed E-state index contributed by atoms with van der Waals surface area (Å²) >= 11 is 2.67. The van der Waals surface area contributed by atoms with Gasteiger partial charge >= 0.3 is 0 Å². The van der Waals surface area contributed by atoms with E-state index in [1.165, 1.54) is 7.11 Å². The molecule has 0 saturated carbocycles. The lowest BCUT2D eigenvalue weighted by Gasteiger charge is -2.05. The van der Waals surface area contributed by atoms with Crippen molar-refractivity contribution in [3.8, 4) is 11.5 Å². The van der Waals surface area contributed by atoms with Crippen molar-refractivity contribution in [2.24, 2.45) is 0 Å². The SMILES string of the molecule is COc1cc(O)c(Br)c(F)c1F. The summed E-state index contributed by atoms with van der Waals surface area (Å²) in [6, 6.07) is 0.989. The van der Waals surface area contributed by atoms with Gasteiger partial charge in [-0.05, 0) is 15.9 Å². The first-order valence-electron chi connectivity index (χ1n) is 2.98. The number of phenolic OH excluding ortho intramolecular Hbond substituents is 1. The average molecular weight is 239 g/mol. The third-order valence-electron chi connectivity index (χ3n) is 1.31. The van der Waals surface area contributed by atoms with E-state index in [0.29, 0.717) is 0 Å². The van der Waals surface area contributed by atoms with Crippen molar-refractivity contribution in [3.05, 3.63) is 22.2 Å². The standard InChI is InChI=1S/C7H5BrF2O2/c1-12-4-2-3(11)5(8)7(10)6(4)9/h2,11H,1H3. The molecule has 0 fully saturated rings. The van der Waals surface area contributed by atoms with Crippen molar-refractivity contribution >= 4 is 15.9 Å². The van der Waals surface area contributed by atoms with Crippen LogP contribution in [0, 0.1) is 11.6 Å². The first kappa shape index (κ1) is 9.25. The molecule has 0 aromatic heterocycles. The molecule has 1 aromatic carbocycles. The number of hydrogen-bond acceptors (Lipinski definition) is 2. The average Bonchev–Trinajstić information content (AvgIpc) is 2.08. The molecule has 0 saturated heterocycles. The fourth-order valence-electron chi connectivity index (χ4n) is 0.716. The van der Waals surface area contributed by atoms with Gasteiger partial charge in [0, 0.05) is 6.07 Å². The van der Waals surface area contributed by atoms with Crippen molar-refractivity contribution in [3.63, 3.8) is 0 Å². The zero-order valence-electron chi connectivity index (χ0n) is 6.07. The minimum absolute atomic E-state index is 0.305. The van der Waals surface area contributed by atoms with Crippen LogP contribution < -0.4 is 4.74 Å². The molecule has 0 atom stereocenters. The molecule has 1 aromatic rings. The van der Waals surface area contributed by atoms with Crippen molar-refractivity contribution in [2.45, 2.75) is 0 Å². The number of ether oxygens (including phenoxy) is 1. The molecule has 12 heavy (non-hydrogen) atoms. The number of methoxy groups -OCH3 is 1. The van der Waals surface area contributed by atoms with Gasteiger partial charge < -0.3 is 9.84 Å². The maximum absolute atomic E-state index is 12.8. The van der Waals surface area contributed by atoms with Gasteiger partial charge in [-0.15, -0.1) is 0 Å². The Bertz CT molecular complexity index is 315. The van der Waals surface area contributed by atoms with Crippen molar-refractivity contribution in [1.82, 2.24) is 0 Å². The number of rotatable bonds is 1. The monoisotopic (exact) mass is 238 g/mol. The van der Waals surface area contributed by atoms with E-state index in [1.54, 1.807) is 0 Å². The predicted octanol–water partition coefficient (Wildman–Crippen LogP) is 2.44. The lowest BCUT2D eigenvalue weighted by atomic mass is 10.3. The van der Waals surface area contributed by atoms with E-state index in [2.05, 4.69) is 20.7 Å². The summed E-state index contributed by atoms with van der Waals surface area (Å²) in [4.78, 5) is 0. The predicted molar refractivity (Wildman–Crippen MR) is 42.3 cm³/mol. The molecule has 0 heterocycles. The lowest BCUT2D eigenvalue weighted by Crippen LogP contribution is -1.93. The smallest absolute Gasteiger partial charge is 0.202 e. The normalized spacial score (nSPS) is 10.0. The minimum Gasteiger partial charge on any atom is -0.507 e. The fraction of sp³-hybridized carbons (Fsp3) is 0.143. The van der Waals surface area contributed by atoms with Crippen LogP contribution >= 0.6 is 15.9 Å². The highest BCUT2D eigenvalue weighted by molar-refractivity contribution is 9.10. The first-order valence-corrected chi connectivity index (χ1v) is 3.77. The Hall–Kier alpha value is -0.840. The number of benzene rings is 1. The molecule has 0 aliphatic rings. The summed E-state index contributed by atoms with van der Waals surface area (Å²) in [6.07, 6.45) is 0. The second-order valence-electron chi connectivity index (χ2n) is 2.04. The third-order valence-corrected chi connectivity index (χ3v) is 2.07. The minimum atomic E-state index is -1.16. The summed E-state index contributed by atoms with van der Waals surface area (Å²) in [5, 5.41) is 9.00. The van der Waals surface area contributed by atoms with Crippen LogP contribution in [0.5, 0.6) is 11.5 Å². The van der Waals surface area contributed by atoms with Crippen LogP contribution in [-0.4, -0.2) is 12.2 Å². The zero-order valence-corrected chi connectivity index (χ0v) is 7.65. The van der Waals surface area contributed by atoms with Crippen LogP contribution in [0.1, 0.15) is 0 Å². The van der Waals surface area contributed by atoms with E-state index in [9.17, 15) is 8.78 Å². The molecule has 1 rings (SSSR count). The number of phenols is 1. The van der Waals surface area contributed by atoms with Crippen LogP contribution in [0.3, 0.4) is 0 Å². The van der Waals surface area contributed by atoms with Gasteiger partial charge in [0.05, 0.1) is 11.6 Å². The molecule has 5 heteroatoms. The van der Waals surface area contributed by atoms with Crippen molar-refractivity contribution in [2.75, 3.05) is 7.11 Å². The van der Waals surface area contributed by atoms with Gasteiger partial charge in [-0.3, -0.25) is 0 Å². The molecular formula is C7H5BrF2O2. The van der Waals surface area contributed by atoms with Crippen molar-refractivity contribution < 1.29 is 18.6 Å². The molecule has 0 unspecified atom stereocenters. The van der Waals surface area contributed by atoms with E-state index in [-0.39, 0.29) is 10.2 Å². The van der Waals surface area contributed by atoms with Gasteiger partial charge in [-0.25, -0.2) is 4.39 Å². The van der Waals surface area contributed by atoms with Gasteiger partial charge in [0.2, 0.25) is 5.82 Å². The number of hydrogen-bond donors (Lipinski definition) is 1. The Morgan fingerprint density at radius 3 is 2.50 bits per heavy atom. The summed E-state index contributed by atoms with van der Waals surface area (Å²) in [7, 11) is 1.19. The zero-order chi connectivity index (χ0) is 9.30. The second kappa shape index (κ2) is 3.26. The molecule has 1 N–H and O–H groups in total. The Kier molecular flexibility index (Phi) is 2.52. The Balaban J connectivity index is 3.39. The van der Waals surface area contributed by atoms with Crippen molar-refractivity contribution in [1.29, 1.82) is 0 Å². The highest BCUT2D eigenvalue weighted by Gasteiger charge is 2.16. The van der Waals surface area contributed by atoms with Gasteiger partial charge in [-0.2, -0.15) is 4.39 Å². The van der Waals surface area contributed by atoms with Crippen LogP contribution in [0.2, 0.25) is 0 Å².